The zero-order chi connectivity index (χ0) is 16.2. The molecular weight excluding hydrogens is 292 g/mol. The highest BCUT2D eigenvalue weighted by atomic mass is 16.3. The number of fused-ring (bicyclic) bond motifs is 1. The van der Waals surface area contributed by atoms with Gasteiger partial charge in [0.05, 0.1) is 5.39 Å². The molecule has 2 heterocycles. The number of piperazine rings is 1. The van der Waals surface area contributed by atoms with Crippen LogP contribution in [-0.2, 0) is 0 Å². The molecule has 0 saturated carbocycles. The molecule has 2 aromatic rings. The molecule has 1 fully saturated rings. The second-order valence-corrected chi connectivity index (χ2v) is 5.96. The summed E-state index contributed by atoms with van der Waals surface area (Å²) < 4.78 is 5.64. The zero-order valence-electron chi connectivity index (χ0n) is 13.5. The number of unbranched alkanes of at least 4 members (excludes halogenated alkanes) is 1. The third-order valence-corrected chi connectivity index (χ3v) is 4.33. The Morgan fingerprint density at radius 3 is 2.65 bits per heavy atom. The van der Waals surface area contributed by atoms with Crippen molar-refractivity contribution in [2.75, 3.05) is 32.7 Å². The van der Waals surface area contributed by atoms with Gasteiger partial charge in [0.15, 0.2) is 11.2 Å². The largest absolute Gasteiger partial charge is 0.451 e. The fourth-order valence-electron chi connectivity index (χ4n) is 2.92. The molecule has 1 aromatic carbocycles. The van der Waals surface area contributed by atoms with Gasteiger partial charge in [-0.05, 0) is 25.1 Å². The molecule has 1 amide bonds. The number of hydrogen-bond acceptors (Lipinski definition) is 4. The van der Waals surface area contributed by atoms with Crippen LogP contribution in [0.1, 0.15) is 30.3 Å². The smallest absolute Gasteiger partial charge is 0.289 e. The van der Waals surface area contributed by atoms with E-state index < -0.39 is 0 Å². The average molecular weight is 314 g/mol. The Hall–Kier alpha value is -2.14. The van der Waals surface area contributed by atoms with Gasteiger partial charge in [0.1, 0.15) is 5.58 Å². The molecule has 5 nitrogen and oxygen atoms in total. The zero-order valence-corrected chi connectivity index (χ0v) is 13.5. The van der Waals surface area contributed by atoms with Gasteiger partial charge in [-0.3, -0.25) is 14.5 Å². The van der Waals surface area contributed by atoms with Crippen molar-refractivity contribution in [1.29, 1.82) is 0 Å². The standard InChI is InChI=1S/C18H22N2O3/c1-2-3-8-19-9-11-20(12-10-19)18(22)17-13-15(21)14-6-4-5-7-16(14)23-17/h4-7,13H,2-3,8-12H2,1H3. The van der Waals surface area contributed by atoms with Crippen molar-refractivity contribution in [2.45, 2.75) is 19.8 Å². The Bertz CT molecular complexity index is 745. The summed E-state index contributed by atoms with van der Waals surface area (Å²) in [5.74, 6) is -0.0568. The van der Waals surface area contributed by atoms with E-state index in [4.69, 9.17) is 4.42 Å². The first kappa shape index (κ1) is 15.7. The lowest BCUT2D eigenvalue weighted by molar-refractivity contribution is 0.0605. The number of benzene rings is 1. The molecule has 5 heteroatoms. The van der Waals surface area contributed by atoms with Gasteiger partial charge in [0.2, 0.25) is 0 Å². The lowest BCUT2D eigenvalue weighted by Gasteiger charge is -2.34. The summed E-state index contributed by atoms with van der Waals surface area (Å²) in [7, 11) is 0. The molecular formula is C18H22N2O3. The minimum Gasteiger partial charge on any atom is -0.451 e. The van der Waals surface area contributed by atoms with Gasteiger partial charge in [-0.2, -0.15) is 0 Å². The van der Waals surface area contributed by atoms with Crippen molar-refractivity contribution in [3.05, 3.63) is 46.3 Å². The number of nitrogens with zero attached hydrogens (tertiary/aromatic N) is 2. The topological polar surface area (TPSA) is 53.8 Å². The van der Waals surface area contributed by atoms with Gasteiger partial charge in [-0.15, -0.1) is 0 Å². The molecule has 0 N–H and O–H groups in total. The summed E-state index contributed by atoms with van der Waals surface area (Å²) in [4.78, 5) is 28.9. The Kier molecular flexibility index (Phi) is 4.76. The molecule has 1 aromatic heterocycles. The molecule has 0 spiro atoms. The number of carbonyl (C=O) groups excluding carboxylic acids is 1. The molecule has 0 unspecified atom stereocenters. The van der Waals surface area contributed by atoms with E-state index in [2.05, 4.69) is 11.8 Å². The normalized spacial score (nSPS) is 16.0. The fourth-order valence-corrected chi connectivity index (χ4v) is 2.92. The highest BCUT2D eigenvalue weighted by Gasteiger charge is 2.24. The van der Waals surface area contributed by atoms with Gasteiger partial charge in [0, 0.05) is 32.2 Å². The van der Waals surface area contributed by atoms with Crippen molar-refractivity contribution in [1.82, 2.24) is 9.80 Å². The van der Waals surface area contributed by atoms with Gasteiger partial charge in [-0.25, -0.2) is 0 Å². The van der Waals surface area contributed by atoms with E-state index in [1.165, 1.54) is 18.9 Å². The van der Waals surface area contributed by atoms with Crippen molar-refractivity contribution in [3.8, 4) is 0 Å². The molecule has 0 atom stereocenters. The maximum atomic E-state index is 12.6. The van der Waals surface area contributed by atoms with Crippen LogP contribution in [0.15, 0.2) is 39.5 Å². The lowest BCUT2D eigenvalue weighted by Crippen LogP contribution is -2.48. The van der Waals surface area contributed by atoms with E-state index in [1.807, 2.05) is 0 Å². The third kappa shape index (κ3) is 3.45. The highest BCUT2D eigenvalue weighted by molar-refractivity contribution is 5.93. The second-order valence-electron chi connectivity index (χ2n) is 5.96. The second kappa shape index (κ2) is 6.96. The maximum absolute atomic E-state index is 12.6. The van der Waals surface area contributed by atoms with Crippen LogP contribution in [-0.4, -0.2) is 48.4 Å². The van der Waals surface area contributed by atoms with E-state index in [0.717, 1.165) is 19.6 Å². The molecule has 0 bridgehead atoms. The van der Waals surface area contributed by atoms with Crippen LogP contribution < -0.4 is 5.43 Å². The minimum absolute atomic E-state index is 0.135. The van der Waals surface area contributed by atoms with Crippen LogP contribution in [0.2, 0.25) is 0 Å². The van der Waals surface area contributed by atoms with E-state index in [0.29, 0.717) is 24.1 Å². The third-order valence-electron chi connectivity index (χ3n) is 4.33. The van der Waals surface area contributed by atoms with Crippen LogP contribution >= 0.6 is 0 Å². The summed E-state index contributed by atoms with van der Waals surface area (Å²) in [5, 5.41) is 0.508. The summed E-state index contributed by atoms with van der Waals surface area (Å²) in [6.45, 7) is 6.39. The Morgan fingerprint density at radius 1 is 1.17 bits per heavy atom. The van der Waals surface area contributed by atoms with E-state index in [1.54, 1.807) is 29.2 Å². The fraction of sp³-hybridized carbons (Fsp3) is 0.444. The molecule has 0 radical (unpaired) electrons. The van der Waals surface area contributed by atoms with Crippen molar-refractivity contribution in [3.63, 3.8) is 0 Å². The van der Waals surface area contributed by atoms with Crippen molar-refractivity contribution >= 4 is 16.9 Å². The molecule has 1 saturated heterocycles. The molecule has 1 aliphatic heterocycles. The molecule has 1 aliphatic rings. The number of amides is 1. The van der Waals surface area contributed by atoms with E-state index in [9.17, 15) is 9.59 Å². The first-order valence-electron chi connectivity index (χ1n) is 8.23. The summed E-state index contributed by atoms with van der Waals surface area (Å²) in [6.07, 6.45) is 2.37. The predicted molar refractivity (Wildman–Crippen MR) is 89.7 cm³/mol. The summed E-state index contributed by atoms with van der Waals surface area (Å²) >= 11 is 0. The molecule has 122 valence electrons. The quantitative estimate of drug-likeness (QED) is 0.869. The van der Waals surface area contributed by atoms with Gasteiger partial charge in [-0.1, -0.05) is 25.5 Å². The van der Waals surface area contributed by atoms with E-state index in [-0.39, 0.29) is 17.1 Å². The first-order chi connectivity index (χ1) is 11.2. The van der Waals surface area contributed by atoms with Gasteiger partial charge >= 0.3 is 0 Å². The summed E-state index contributed by atoms with van der Waals surface area (Å²) in [6, 6.07) is 8.33. The van der Waals surface area contributed by atoms with E-state index >= 15 is 0 Å². The molecule has 0 aliphatic carbocycles. The highest BCUT2D eigenvalue weighted by Crippen LogP contribution is 2.14. The molecule has 23 heavy (non-hydrogen) atoms. The monoisotopic (exact) mass is 314 g/mol. The first-order valence-corrected chi connectivity index (χ1v) is 8.23. The Balaban J connectivity index is 1.73. The predicted octanol–water partition coefficient (Wildman–Crippen LogP) is 2.35. The minimum atomic E-state index is -0.192. The maximum Gasteiger partial charge on any atom is 0.289 e. The number of rotatable bonds is 4. The van der Waals surface area contributed by atoms with Gasteiger partial charge in [0.25, 0.3) is 5.91 Å². The SMILES string of the molecule is CCCCN1CCN(C(=O)c2cc(=O)c3ccccc3o2)CC1. The van der Waals surface area contributed by atoms with Crippen molar-refractivity contribution in [2.24, 2.45) is 0 Å². The number of hydrogen-bond donors (Lipinski definition) is 0. The van der Waals surface area contributed by atoms with Crippen LogP contribution in [0, 0.1) is 0 Å². The van der Waals surface area contributed by atoms with Crippen molar-refractivity contribution < 1.29 is 9.21 Å². The lowest BCUT2D eigenvalue weighted by atomic mass is 10.2. The van der Waals surface area contributed by atoms with Crippen LogP contribution in [0.4, 0.5) is 0 Å². The van der Waals surface area contributed by atoms with Crippen LogP contribution in [0.3, 0.4) is 0 Å². The average Bonchev–Trinajstić information content (AvgIpc) is 2.60. The Morgan fingerprint density at radius 2 is 1.91 bits per heavy atom. The Labute approximate surface area is 135 Å². The van der Waals surface area contributed by atoms with Crippen LogP contribution in [0.25, 0.3) is 11.0 Å². The number of carbonyl (C=O) groups is 1. The molecule has 3 rings (SSSR count). The number of para-hydroxylation sites is 1. The van der Waals surface area contributed by atoms with Gasteiger partial charge < -0.3 is 9.32 Å². The summed E-state index contributed by atoms with van der Waals surface area (Å²) in [5.41, 5.74) is 0.293. The van der Waals surface area contributed by atoms with Crippen LogP contribution in [0.5, 0.6) is 0 Å².